The Kier molecular flexibility index (Phi) is 16.1. The maximum Gasteiger partial charge on any atom is 0.410 e. The molecule has 4 rings (SSSR count). The van der Waals surface area contributed by atoms with Gasteiger partial charge in [-0.15, -0.1) is 0 Å². The number of hydrogen-bond acceptors (Lipinski definition) is 7. The molecular formula is C36H62FN5O5S. The minimum absolute atomic E-state index is 0.148. The van der Waals surface area contributed by atoms with Gasteiger partial charge in [0.25, 0.3) is 0 Å². The predicted octanol–water partition coefficient (Wildman–Crippen LogP) is 5.11. The number of carbonyl (C=O) groups is 2. The highest BCUT2D eigenvalue weighted by Crippen LogP contribution is 2.36. The number of piperazine rings is 1. The van der Waals surface area contributed by atoms with Gasteiger partial charge in [0, 0.05) is 64.9 Å². The Balaban J connectivity index is 0.00000307. The van der Waals surface area contributed by atoms with Crippen molar-refractivity contribution in [3.63, 3.8) is 0 Å². The Morgan fingerprint density at radius 3 is 2.08 bits per heavy atom. The summed E-state index contributed by atoms with van der Waals surface area (Å²) in [5.74, 6) is 0.770. The molecule has 2 amide bonds. The second-order valence-corrected chi connectivity index (χ2v) is 16.1. The molecular weight excluding hydrogens is 633 g/mol. The van der Waals surface area contributed by atoms with Crippen LogP contribution in [0, 0.1) is 17.7 Å². The highest BCUT2D eigenvalue weighted by Gasteiger charge is 2.33. The summed E-state index contributed by atoms with van der Waals surface area (Å²) in [5, 5.41) is 0. The van der Waals surface area contributed by atoms with Crippen molar-refractivity contribution in [2.45, 2.75) is 91.7 Å². The van der Waals surface area contributed by atoms with Gasteiger partial charge in [-0.25, -0.2) is 21.9 Å². The Morgan fingerprint density at radius 2 is 1.54 bits per heavy atom. The van der Waals surface area contributed by atoms with Crippen LogP contribution in [0.25, 0.3) is 0 Å². The van der Waals surface area contributed by atoms with E-state index < -0.39 is 10.0 Å². The number of halogens is 1. The van der Waals surface area contributed by atoms with Gasteiger partial charge >= 0.3 is 6.09 Å². The molecule has 10 nitrogen and oxygen atoms in total. The summed E-state index contributed by atoms with van der Waals surface area (Å²) < 4.78 is 45.3. The second kappa shape index (κ2) is 19.2. The van der Waals surface area contributed by atoms with Gasteiger partial charge in [-0.2, -0.15) is 0 Å². The van der Waals surface area contributed by atoms with Crippen molar-refractivity contribution in [3.8, 4) is 0 Å². The average molecular weight is 696 g/mol. The summed E-state index contributed by atoms with van der Waals surface area (Å²) in [6.07, 6.45) is 5.13. The van der Waals surface area contributed by atoms with Crippen LogP contribution in [0.5, 0.6) is 0 Å². The third-order valence-corrected chi connectivity index (χ3v) is 11.1. The second-order valence-electron chi connectivity index (χ2n) is 14.2. The van der Waals surface area contributed by atoms with Gasteiger partial charge in [-0.1, -0.05) is 39.8 Å². The van der Waals surface area contributed by atoms with Crippen LogP contribution in [0.4, 0.5) is 9.18 Å². The first-order valence-corrected chi connectivity index (χ1v) is 20.0. The van der Waals surface area contributed by atoms with E-state index in [-0.39, 0.29) is 35.9 Å². The molecule has 3 saturated heterocycles. The van der Waals surface area contributed by atoms with E-state index in [4.69, 9.17) is 4.74 Å². The largest absolute Gasteiger partial charge is 0.447 e. The minimum atomic E-state index is -3.20. The van der Waals surface area contributed by atoms with Crippen molar-refractivity contribution in [2.24, 2.45) is 11.8 Å². The summed E-state index contributed by atoms with van der Waals surface area (Å²) in [6.45, 7) is 19.3. The number of hydrogen-bond donors (Lipinski definition) is 0. The molecule has 0 spiro atoms. The number of piperidine rings is 2. The van der Waals surface area contributed by atoms with E-state index in [1.54, 1.807) is 21.3 Å². The number of amides is 2. The van der Waals surface area contributed by atoms with E-state index in [2.05, 4.69) is 28.5 Å². The number of sulfonamides is 1. The first-order valence-electron chi connectivity index (χ1n) is 18.2. The lowest BCUT2D eigenvalue weighted by atomic mass is 9.78. The average Bonchev–Trinajstić information content (AvgIpc) is 3.05. The van der Waals surface area contributed by atoms with Crippen LogP contribution in [-0.2, 0) is 19.6 Å². The van der Waals surface area contributed by atoms with Gasteiger partial charge in [0.2, 0.25) is 15.9 Å². The molecule has 3 aliphatic rings. The monoisotopic (exact) mass is 695 g/mol. The first kappa shape index (κ1) is 40.2. The van der Waals surface area contributed by atoms with Crippen LogP contribution in [0.2, 0.25) is 0 Å². The number of nitrogens with zero attached hydrogens (tertiary/aromatic N) is 5. The maximum atomic E-state index is 14.3. The molecule has 3 aliphatic heterocycles. The molecule has 48 heavy (non-hydrogen) atoms. The summed E-state index contributed by atoms with van der Waals surface area (Å²) >= 11 is 0. The molecule has 12 heteroatoms. The lowest BCUT2D eigenvalue weighted by Crippen LogP contribution is -2.54. The molecule has 1 aromatic carbocycles. The highest BCUT2D eigenvalue weighted by atomic mass is 32.2. The molecule has 0 aliphatic carbocycles. The number of ether oxygens (including phenoxy) is 1. The predicted molar refractivity (Wildman–Crippen MR) is 190 cm³/mol. The summed E-state index contributed by atoms with van der Waals surface area (Å²) in [7, 11) is -3.20. The Hall–Kier alpha value is -2.28. The maximum absolute atomic E-state index is 14.3. The topological polar surface area (TPSA) is 93.7 Å². The molecule has 1 atom stereocenters. The Labute approximate surface area is 290 Å². The molecule has 0 N–H and O–H groups in total. The van der Waals surface area contributed by atoms with E-state index >= 15 is 0 Å². The van der Waals surface area contributed by atoms with E-state index in [9.17, 15) is 22.4 Å². The molecule has 0 radical (unpaired) electrons. The molecule has 0 saturated carbocycles. The van der Waals surface area contributed by atoms with E-state index in [1.807, 2.05) is 33.8 Å². The van der Waals surface area contributed by atoms with Gasteiger partial charge in [0.05, 0.1) is 18.9 Å². The zero-order valence-electron chi connectivity index (χ0n) is 30.6. The van der Waals surface area contributed by atoms with Crippen molar-refractivity contribution in [3.05, 3.63) is 35.6 Å². The quantitative estimate of drug-likeness (QED) is 0.300. The molecule has 1 aromatic rings. The molecule has 1 unspecified atom stereocenters. The van der Waals surface area contributed by atoms with Crippen LogP contribution in [0.15, 0.2) is 24.3 Å². The van der Waals surface area contributed by atoms with Crippen molar-refractivity contribution in [1.29, 1.82) is 0 Å². The number of rotatable bonds is 12. The number of likely N-dealkylation sites (tertiary alicyclic amines) is 1. The van der Waals surface area contributed by atoms with Gasteiger partial charge in [0.1, 0.15) is 5.82 Å². The van der Waals surface area contributed by atoms with Crippen LogP contribution >= 0.6 is 0 Å². The van der Waals surface area contributed by atoms with Crippen LogP contribution in [0.3, 0.4) is 0 Å². The van der Waals surface area contributed by atoms with Crippen molar-refractivity contribution >= 4 is 22.0 Å². The number of benzene rings is 1. The Bertz CT molecular complexity index is 1240. The van der Waals surface area contributed by atoms with Crippen LogP contribution in [-0.4, -0.2) is 135 Å². The molecule has 0 bridgehead atoms. The van der Waals surface area contributed by atoms with E-state index in [0.29, 0.717) is 57.6 Å². The smallest absolute Gasteiger partial charge is 0.410 e. The molecule has 274 valence electrons. The SMILES string of the molecule is CC.CC(C)CN(C(=O)CN1CCN(C(=O)OC(C)C)CC1)C1CCN(CCC(c2cccc(F)c2)C2CCN(S(C)(=O)=O)CC2)CC1. The van der Waals surface area contributed by atoms with Gasteiger partial charge < -0.3 is 19.4 Å². The summed E-state index contributed by atoms with van der Waals surface area (Å²) in [5.41, 5.74) is 0.999. The van der Waals surface area contributed by atoms with Crippen molar-refractivity contribution in [2.75, 3.05) is 78.2 Å². The lowest BCUT2D eigenvalue weighted by molar-refractivity contribution is -0.136. The van der Waals surface area contributed by atoms with E-state index in [0.717, 1.165) is 63.8 Å². The minimum Gasteiger partial charge on any atom is -0.447 e. The fraction of sp³-hybridized carbons (Fsp3) is 0.778. The van der Waals surface area contributed by atoms with E-state index in [1.165, 1.54) is 12.3 Å². The third-order valence-electron chi connectivity index (χ3n) is 9.78. The van der Waals surface area contributed by atoms with Crippen molar-refractivity contribution < 1.29 is 27.1 Å². The van der Waals surface area contributed by atoms with Crippen LogP contribution in [0.1, 0.15) is 85.1 Å². The zero-order valence-corrected chi connectivity index (χ0v) is 31.4. The van der Waals surface area contributed by atoms with Gasteiger partial charge in [-0.3, -0.25) is 9.69 Å². The van der Waals surface area contributed by atoms with Gasteiger partial charge in [-0.05, 0) is 87.9 Å². The molecule has 3 fully saturated rings. The summed E-state index contributed by atoms with van der Waals surface area (Å²) in [4.78, 5) is 34.4. The summed E-state index contributed by atoms with van der Waals surface area (Å²) in [6, 6.07) is 7.11. The Morgan fingerprint density at radius 1 is 0.917 bits per heavy atom. The third kappa shape index (κ3) is 12.2. The zero-order chi connectivity index (χ0) is 35.4. The fourth-order valence-electron chi connectivity index (χ4n) is 7.29. The highest BCUT2D eigenvalue weighted by molar-refractivity contribution is 7.88. The lowest BCUT2D eigenvalue weighted by Gasteiger charge is -2.41. The molecule has 0 aromatic heterocycles. The van der Waals surface area contributed by atoms with Gasteiger partial charge in [0.15, 0.2) is 0 Å². The first-order chi connectivity index (χ1) is 22.8. The fourth-order valence-corrected chi connectivity index (χ4v) is 8.17. The van der Waals surface area contributed by atoms with Crippen molar-refractivity contribution in [1.82, 2.24) is 23.9 Å². The molecule has 3 heterocycles. The standard InChI is InChI=1S/C34H56FN5O5S.C2H6/c1-26(2)24-40(33(41)25-37-19-21-38(22-20-37)34(42)45-27(3)4)31-11-14-36(15-12-31)16-13-32(29-7-6-8-30(35)23-29)28-9-17-39(18-10-28)46(5,43)44;1-2/h6-8,23,26-28,31-32H,9-22,24-25H2,1-5H3;1-2H3. The normalized spacial score (nSPS) is 20.0. The number of carbonyl (C=O) groups excluding carboxylic acids is 2. The van der Waals surface area contributed by atoms with Crippen LogP contribution < -0.4 is 0 Å².